The summed E-state index contributed by atoms with van der Waals surface area (Å²) in [5, 5.41) is 195. The van der Waals surface area contributed by atoms with Gasteiger partial charge in [0, 0.05) is 13.8 Å². The molecule has 0 saturated carbocycles. The van der Waals surface area contributed by atoms with Crippen LogP contribution in [0.3, 0.4) is 0 Å². The zero-order valence-electron chi connectivity index (χ0n) is 38.9. The van der Waals surface area contributed by atoms with Gasteiger partial charge in [-0.2, -0.15) is 0 Å². The second-order valence-corrected chi connectivity index (χ2v) is 18.0. The van der Waals surface area contributed by atoms with E-state index >= 15 is 0 Å². The SMILES string of the molecule is CC(=O)N[C@H]1[C@H](OC[C@@H](O)[C@H](O)[C@H](O[C@@H]2O[C@H](CO)[C@H](O)[C@H](O)[C@H]2O)[C@H](CO)NC(C)=O)O[C@H](CO)[C@@H](O[C@@H]2O[C@H](CO)[C@H](O[C@@H]3O[C@H](CO)[C@H](O)[C@H](O)[C@H]3O)[C@H](O)[C@H]2O)[C@@H]1O[C@@H]1O[C@@H](C)[C@@H](O)[C@@H](O)[C@@H]1O. The Morgan fingerprint density at radius 1 is 0.500 bits per heavy atom. The summed E-state index contributed by atoms with van der Waals surface area (Å²) in [6, 6.07) is -3.37. The van der Waals surface area contributed by atoms with E-state index in [1.54, 1.807) is 0 Å². The van der Waals surface area contributed by atoms with Gasteiger partial charge in [-0.3, -0.25) is 9.59 Å². The van der Waals surface area contributed by atoms with Crippen molar-refractivity contribution in [2.75, 3.05) is 39.6 Å². The van der Waals surface area contributed by atoms with Crippen molar-refractivity contribution < 1.29 is 149 Å². The first-order valence-electron chi connectivity index (χ1n) is 22.9. The van der Waals surface area contributed by atoms with Gasteiger partial charge in [-0.1, -0.05) is 0 Å². The van der Waals surface area contributed by atoms with Gasteiger partial charge in [-0.05, 0) is 6.92 Å². The molecule has 29 atom stereocenters. The Hall–Kier alpha value is -2.18. The predicted molar refractivity (Wildman–Crippen MR) is 223 cm³/mol. The van der Waals surface area contributed by atoms with Crippen molar-refractivity contribution in [1.82, 2.24) is 10.6 Å². The van der Waals surface area contributed by atoms with Gasteiger partial charge in [0.1, 0.15) is 134 Å². The number of carbonyl (C=O) groups excluding carboxylic acids is 2. The maximum atomic E-state index is 12.9. The van der Waals surface area contributed by atoms with Crippen LogP contribution < -0.4 is 10.6 Å². The van der Waals surface area contributed by atoms with Crippen molar-refractivity contribution in [2.45, 2.75) is 199 Å². The molecule has 0 spiro atoms. The van der Waals surface area contributed by atoms with E-state index in [4.69, 9.17) is 47.4 Å². The molecule has 2 amide bonds. The van der Waals surface area contributed by atoms with Crippen LogP contribution in [0.2, 0.25) is 0 Å². The molecule has 0 aliphatic carbocycles. The van der Waals surface area contributed by atoms with Crippen molar-refractivity contribution in [3.8, 4) is 0 Å². The van der Waals surface area contributed by atoms with E-state index in [9.17, 15) is 102 Å². The number of aliphatic hydroxyl groups is 18. The second kappa shape index (κ2) is 26.7. The van der Waals surface area contributed by atoms with Crippen molar-refractivity contribution in [3.63, 3.8) is 0 Å². The van der Waals surface area contributed by atoms with Crippen molar-refractivity contribution >= 4 is 11.8 Å². The molecule has 72 heavy (non-hydrogen) atoms. The van der Waals surface area contributed by atoms with Crippen LogP contribution in [0.4, 0.5) is 0 Å². The molecule has 5 fully saturated rings. The lowest BCUT2D eigenvalue weighted by atomic mass is 9.94. The molecule has 0 aromatic carbocycles. The molecule has 0 unspecified atom stereocenters. The van der Waals surface area contributed by atoms with Gasteiger partial charge in [0.2, 0.25) is 11.8 Å². The van der Waals surface area contributed by atoms with E-state index in [0.29, 0.717) is 0 Å². The number of aliphatic hydroxyl groups excluding tert-OH is 18. The lowest BCUT2D eigenvalue weighted by Crippen LogP contribution is -2.70. The Balaban J connectivity index is 1.43. The first-order chi connectivity index (χ1) is 33.9. The summed E-state index contributed by atoms with van der Waals surface area (Å²) in [5.41, 5.74) is 0. The van der Waals surface area contributed by atoms with Crippen LogP contribution in [-0.4, -0.2) is 321 Å². The Morgan fingerprint density at radius 2 is 0.931 bits per heavy atom. The van der Waals surface area contributed by atoms with Crippen LogP contribution in [0.25, 0.3) is 0 Å². The summed E-state index contributed by atoms with van der Waals surface area (Å²) in [6.07, 6.45) is -51.1. The highest BCUT2D eigenvalue weighted by Gasteiger charge is 2.57. The summed E-state index contributed by atoms with van der Waals surface area (Å²) < 4.78 is 57.4. The Labute approximate surface area is 409 Å². The quantitative estimate of drug-likeness (QED) is 0.0507. The van der Waals surface area contributed by atoms with Crippen molar-refractivity contribution in [2.24, 2.45) is 0 Å². The van der Waals surface area contributed by atoms with Crippen LogP contribution in [0.1, 0.15) is 20.8 Å². The third kappa shape index (κ3) is 13.7. The first-order valence-corrected chi connectivity index (χ1v) is 22.9. The topological polar surface area (TPSA) is 515 Å². The molecule has 5 saturated heterocycles. The van der Waals surface area contributed by atoms with E-state index in [1.165, 1.54) is 6.92 Å². The molecule has 20 N–H and O–H groups in total. The van der Waals surface area contributed by atoms with Crippen molar-refractivity contribution in [1.29, 1.82) is 0 Å². The number of rotatable bonds is 21. The van der Waals surface area contributed by atoms with Crippen LogP contribution >= 0.6 is 0 Å². The monoisotopic (exact) mass is 1060 g/mol. The largest absolute Gasteiger partial charge is 0.394 e. The number of nitrogens with one attached hydrogen (secondary N) is 2. The van der Waals surface area contributed by atoms with Gasteiger partial charge >= 0.3 is 0 Å². The predicted octanol–water partition coefficient (Wildman–Crippen LogP) is -13.1. The molecule has 0 radical (unpaired) electrons. The third-order valence-corrected chi connectivity index (χ3v) is 12.8. The molecular formula is C40H70N2O30. The van der Waals surface area contributed by atoms with E-state index in [0.717, 1.165) is 13.8 Å². The van der Waals surface area contributed by atoms with Gasteiger partial charge in [-0.25, -0.2) is 0 Å². The Kier molecular flexibility index (Phi) is 22.5. The lowest BCUT2D eigenvalue weighted by Gasteiger charge is -2.50. The van der Waals surface area contributed by atoms with Crippen LogP contribution in [0.5, 0.6) is 0 Å². The first kappa shape index (κ1) is 60.7. The molecule has 420 valence electrons. The number of hydrogen-bond donors (Lipinski definition) is 20. The molecule has 0 bridgehead atoms. The number of amides is 2. The summed E-state index contributed by atoms with van der Waals surface area (Å²) in [7, 11) is 0. The average molecular weight is 1060 g/mol. The number of hydrogen-bond acceptors (Lipinski definition) is 30. The molecule has 5 rings (SSSR count). The summed E-state index contributed by atoms with van der Waals surface area (Å²) in [6.45, 7) is -2.60. The van der Waals surface area contributed by atoms with Crippen molar-refractivity contribution in [3.05, 3.63) is 0 Å². The molecule has 0 aromatic rings. The molecule has 32 nitrogen and oxygen atoms in total. The fraction of sp³-hybridized carbons (Fsp3) is 0.950. The summed E-state index contributed by atoms with van der Waals surface area (Å²) >= 11 is 0. The molecule has 5 aliphatic heterocycles. The summed E-state index contributed by atoms with van der Waals surface area (Å²) in [4.78, 5) is 25.0. The van der Waals surface area contributed by atoms with Gasteiger partial charge in [0.05, 0.1) is 51.8 Å². The van der Waals surface area contributed by atoms with Gasteiger partial charge in [0.25, 0.3) is 0 Å². The highest BCUT2D eigenvalue weighted by atomic mass is 16.8. The number of ether oxygens (including phenoxy) is 10. The number of carbonyl (C=O) groups is 2. The lowest BCUT2D eigenvalue weighted by molar-refractivity contribution is -0.386. The highest BCUT2D eigenvalue weighted by Crippen LogP contribution is 2.36. The van der Waals surface area contributed by atoms with Gasteiger partial charge in [0.15, 0.2) is 31.5 Å². The normalized spacial score (nSPS) is 45.7. The highest BCUT2D eigenvalue weighted by molar-refractivity contribution is 5.73. The standard InChI is InChI=1S/C40H70N2O30/c1-10-20(51)24(55)28(59)37(64-10)72-35-19(42-12(3)49)36(63-9-14(50)21(52)32(13(4-43)41-11(2)48)69-38-29(60)25(56)22(53)15(5-44)65-38)67-18(8-47)34(35)71-40-31(62)27(58)33(17(7-46)68-40)70-39-30(61)26(57)23(54)16(6-45)66-39/h10,13-40,43-47,50-62H,4-9H2,1-3H3,(H,41,48)(H,42,49)/t10-,13-,14+,15+,16+,17+,18+,19+,20+,21-,22-,23-,24+,25-,26-,27+,28-,29+,30+,31+,32+,33-,34+,35+,36+,37-,38-,39-,40-/m0/s1. The minimum atomic E-state index is -2.26. The van der Waals surface area contributed by atoms with Crippen LogP contribution in [-0.2, 0) is 57.0 Å². The summed E-state index contributed by atoms with van der Waals surface area (Å²) in [5.74, 6) is -1.66. The molecule has 5 heterocycles. The molecular weight excluding hydrogens is 988 g/mol. The minimum absolute atomic E-state index is 0.793. The van der Waals surface area contributed by atoms with Gasteiger partial charge in [-0.15, -0.1) is 0 Å². The Morgan fingerprint density at radius 3 is 1.44 bits per heavy atom. The van der Waals surface area contributed by atoms with Crippen LogP contribution in [0, 0.1) is 0 Å². The zero-order chi connectivity index (χ0) is 53.6. The van der Waals surface area contributed by atoms with Crippen LogP contribution in [0.15, 0.2) is 0 Å². The van der Waals surface area contributed by atoms with E-state index in [1.807, 2.05) is 0 Å². The molecule has 32 heteroatoms. The van der Waals surface area contributed by atoms with E-state index in [-0.39, 0.29) is 0 Å². The minimum Gasteiger partial charge on any atom is -0.394 e. The third-order valence-electron chi connectivity index (χ3n) is 12.8. The zero-order valence-corrected chi connectivity index (χ0v) is 38.9. The maximum Gasteiger partial charge on any atom is 0.217 e. The molecule has 0 aromatic heterocycles. The van der Waals surface area contributed by atoms with Gasteiger partial charge < -0.3 is 150 Å². The fourth-order valence-corrected chi connectivity index (χ4v) is 8.76. The molecule has 5 aliphatic rings. The maximum absolute atomic E-state index is 12.9. The smallest absolute Gasteiger partial charge is 0.217 e. The second-order valence-electron chi connectivity index (χ2n) is 18.0. The Bertz CT molecular complexity index is 1680. The fourth-order valence-electron chi connectivity index (χ4n) is 8.76. The van der Waals surface area contributed by atoms with E-state index in [2.05, 4.69) is 10.6 Å². The average Bonchev–Trinajstić information content (AvgIpc) is 3.35. The van der Waals surface area contributed by atoms with E-state index < -0.39 is 229 Å².